The molecule has 1 aromatic carbocycles. The van der Waals surface area contributed by atoms with Crippen molar-refractivity contribution in [3.8, 4) is 0 Å². The van der Waals surface area contributed by atoms with Gasteiger partial charge in [-0.3, -0.25) is 0 Å². The molecule has 0 saturated carbocycles. The van der Waals surface area contributed by atoms with Gasteiger partial charge in [-0.1, -0.05) is 62.4 Å². The van der Waals surface area contributed by atoms with Crippen molar-refractivity contribution < 1.29 is 0 Å². The van der Waals surface area contributed by atoms with E-state index < -0.39 is 0 Å². The first-order valence-electron chi connectivity index (χ1n) is 6.44. The minimum absolute atomic E-state index is 0.516. The molecule has 0 spiro atoms. The van der Waals surface area contributed by atoms with E-state index in [1.807, 2.05) is 0 Å². The molecular formula is C17H18. The SMILES string of the molecule is CC1/C=C\C=C/Cc2cccc3c2C1=CC3C. The minimum atomic E-state index is 0.516. The van der Waals surface area contributed by atoms with E-state index in [4.69, 9.17) is 0 Å². The monoisotopic (exact) mass is 222 g/mol. The summed E-state index contributed by atoms with van der Waals surface area (Å²) in [6.45, 7) is 4.59. The Bertz CT molecular complexity index is 529. The molecule has 0 amide bonds. The molecule has 0 aromatic heterocycles. The van der Waals surface area contributed by atoms with Crippen LogP contribution >= 0.6 is 0 Å². The van der Waals surface area contributed by atoms with Crippen LogP contribution in [0.3, 0.4) is 0 Å². The lowest BCUT2D eigenvalue weighted by molar-refractivity contribution is 0.959. The molecule has 0 nitrogen and oxygen atoms in total. The van der Waals surface area contributed by atoms with E-state index in [-0.39, 0.29) is 0 Å². The van der Waals surface area contributed by atoms with Gasteiger partial charge < -0.3 is 0 Å². The zero-order valence-electron chi connectivity index (χ0n) is 10.5. The number of benzene rings is 1. The predicted octanol–water partition coefficient (Wildman–Crippen LogP) is 4.49. The highest BCUT2D eigenvalue weighted by Crippen LogP contribution is 2.42. The standard InChI is InChI=1S/C17H18/c1-12-7-4-3-5-8-14-9-6-10-15-13(2)11-16(12)17(14)15/h3-7,9-13H,8H2,1-2H3/b5-3-,7-4-. The van der Waals surface area contributed by atoms with Crippen LogP contribution in [0.5, 0.6) is 0 Å². The van der Waals surface area contributed by atoms with Gasteiger partial charge in [0.1, 0.15) is 0 Å². The van der Waals surface area contributed by atoms with E-state index in [9.17, 15) is 0 Å². The number of rotatable bonds is 0. The highest BCUT2D eigenvalue weighted by molar-refractivity contribution is 5.79. The summed E-state index contributed by atoms with van der Waals surface area (Å²) < 4.78 is 0. The van der Waals surface area contributed by atoms with E-state index in [0.717, 1.165) is 6.42 Å². The second-order valence-electron chi connectivity index (χ2n) is 5.10. The maximum Gasteiger partial charge on any atom is 0.000196 e. The maximum absolute atomic E-state index is 2.44. The summed E-state index contributed by atoms with van der Waals surface area (Å²) in [5.74, 6) is 1.09. The Balaban J connectivity index is 2.23. The topological polar surface area (TPSA) is 0 Å². The largest absolute Gasteiger partial charge is 0.0801 e. The number of hydrogen-bond acceptors (Lipinski definition) is 0. The van der Waals surface area contributed by atoms with Crippen molar-refractivity contribution in [3.05, 3.63) is 65.3 Å². The van der Waals surface area contributed by atoms with Crippen molar-refractivity contribution in [2.45, 2.75) is 26.2 Å². The van der Waals surface area contributed by atoms with E-state index in [1.54, 1.807) is 0 Å². The van der Waals surface area contributed by atoms with E-state index in [2.05, 4.69) is 62.4 Å². The third-order valence-corrected chi connectivity index (χ3v) is 3.87. The molecule has 2 aliphatic rings. The van der Waals surface area contributed by atoms with Crippen molar-refractivity contribution in [2.75, 3.05) is 0 Å². The molecule has 2 aliphatic carbocycles. The van der Waals surface area contributed by atoms with Crippen LogP contribution in [0.2, 0.25) is 0 Å². The second kappa shape index (κ2) is 4.03. The van der Waals surface area contributed by atoms with Crippen molar-refractivity contribution >= 4 is 5.57 Å². The normalized spacial score (nSPS) is 29.6. The zero-order valence-corrected chi connectivity index (χ0v) is 10.5. The summed E-state index contributed by atoms with van der Waals surface area (Å²) in [6, 6.07) is 6.75. The van der Waals surface area contributed by atoms with Crippen LogP contribution in [0, 0.1) is 5.92 Å². The van der Waals surface area contributed by atoms with Crippen LogP contribution < -0.4 is 0 Å². The Kier molecular flexibility index (Phi) is 2.51. The molecule has 0 N–H and O–H groups in total. The van der Waals surface area contributed by atoms with Crippen molar-refractivity contribution in [1.82, 2.24) is 0 Å². The quantitative estimate of drug-likeness (QED) is 0.606. The average molecular weight is 222 g/mol. The summed E-state index contributed by atoms with van der Waals surface area (Å²) in [5, 5.41) is 0. The van der Waals surface area contributed by atoms with Gasteiger partial charge in [0.15, 0.2) is 0 Å². The zero-order chi connectivity index (χ0) is 11.8. The molecule has 3 rings (SSSR count). The first-order valence-corrected chi connectivity index (χ1v) is 6.44. The maximum atomic E-state index is 2.44. The van der Waals surface area contributed by atoms with Gasteiger partial charge in [-0.25, -0.2) is 0 Å². The first kappa shape index (κ1) is 10.6. The molecule has 2 unspecified atom stereocenters. The predicted molar refractivity (Wildman–Crippen MR) is 74.0 cm³/mol. The van der Waals surface area contributed by atoms with Crippen LogP contribution in [0.25, 0.3) is 5.57 Å². The Labute approximate surface area is 103 Å². The fraction of sp³-hybridized carbons (Fsp3) is 0.294. The van der Waals surface area contributed by atoms with E-state index in [0.29, 0.717) is 11.8 Å². The van der Waals surface area contributed by atoms with Gasteiger partial charge in [0.25, 0.3) is 0 Å². The fourth-order valence-electron chi connectivity index (χ4n) is 2.95. The Morgan fingerprint density at radius 2 is 1.94 bits per heavy atom. The van der Waals surface area contributed by atoms with Crippen molar-refractivity contribution in [2.24, 2.45) is 5.92 Å². The molecule has 0 heterocycles. The molecule has 1 aromatic rings. The van der Waals surface area contributed by atoms with E-state index >= 15 is 0 Å². The molecule has 86 valence electrons. The summed E-state index contributed by atoms with van der Waals surface area (Å²) in [5.41, 5.74) is 6.02. The third kappa shape index (κ3) is 1.68. The van der Waals surface area contributed by atoms with Gasteiger partial charge in [0.05, 0.1) is 0 Å². The second-order valence-corrected chi connectivity index (χ2v) is 5.10. The Morgan fingerprint density at radius 3 is 2.82 bits per heavy atom. The number of hydrogen-bond donors (Lipinski definition) is 0. The van der Waals surface area contributed by atoms with Gasteiger partial charge in [-0.15, -0.1) is 0 Å². The van der Waals surface area contributed by atoms with Crippen LogP contribution in [-0.4, -0.2) is 0 Å². The molecule has 17 heavy (non-hydrogen) atoms. The van der Waals surface area contributed by atoms with E-state index in [1.165, 1.54) is 22.3 Å². The lowest BCUT2D eigenvalue weighted by Gasteiger charge is -2.14. The van der Waals surface area contributed by atoms with Crippen molar-refractivity contribution in [1.29, 1.82) is 0 Å². The van der Waals surface area contributed by atoms with Gasteiger partial charge in [0.2, 0.25) is 0 Å². The van der Waals surface area contributed by atoms with Gasteiger partial charge in [-0.05, 0) is 34.6 Å². The summed E-state index contributed by atoms with van der Waals surface area (Å²) in [6.07, 6.45) is 12.4. The molecular weight excluding hydrogens is 204 g/mol. The lowest BCUT2D eigenvalue weighted by atomic mass is 9.90. The summed E-state index contributed by atoms with van der Waals surface area (Å²) in [7, 11) is 0. The van der Waals surface area contributed by atoms with Crippen molar-refractivity contribution in [3.63, 3.8) is 0 Å². The molecule has 0 bridgehead atoms. The molecule has 0 heteroatoms. The highest BCUT2D eigenvalue weighted by atomic mass is 14.3. The smallest absolute Gasteiger partial charge is 0.000196 e. The van der Waals surface area contributed by atoms with Crippen LogP contribution in [0.15, 0.2) is 48.6 Å². The molecule has 0 fully saturated rings. The van der Waals surface area contributed by atoms with Crippen LogP contribution in [0.4, 0.5) is 0 Å². The van der Waals surface area contributed by atoms with Gasteiger partial charge in [-0.2, -0.15) is 0 Å². The Morgan fingerprint density at radius 1 is 1.06 bits per heavy atom. The van der Waals surface area contributed by atoms with Crippen LogP contribution in [0.1, 0.15) is 36.5 Å². The third-order valence-electron chi connectivity index (χ3n) is 3.87. The molecule has 0 aliphatic heterocycles. The van der Waals surface area contributed by atoms with Gasteiger partial charge in [0, 0.05) is 5.92 Å². The molecule has 0 radical (unpaired) electrons. The lowest BCUT2D eigenvalue weighted by Crippen LogP contribution is -1.98. The highest BCUT2D eigenvalue weighted by Gasteiger charge is 2.24. The molecule has 0 saturated heterocycles. The fourth-order valence-corrected chi connectivity index (χ4v) is 2.95. The summed E-state index contributed by atoms with van der Waals surface area (Å²) >= 11 is 0. The van der Waals surface area contributed by atoms with Crippen LogP contribution in [-0.2, 0) is 6.42 Å². The number of allylic oxidation sites excluding steroid dienone is 6. The van der Waals surface area contributed by atoms with Gasteiger partial charge >= 0.3 is 0 Å². The molecule has 2 atom stereocenters. The summed E-state index contributed by atoms with van der Waals surface area (Å²) in [4.78, 5) is 0. The minimum Gasteiger partial charge on any atom is -0.0801 e. The first-order chi connectivity index (χ1) is 8.27. The Hall–Kier alpha value is -1.56. The average Bonchev–Trinajstić information content (AvgIpc) is 2.69.